The van der Waals surface area contributed by atoms with Crippen LogP contribution in [0.4, 0.5) is 4.39 Å². The molecule has 0 aliphatic carbocycles. The van der Waals surface area contributed by atoms with Gasteiger partial charge in [-0.2, -0.15) is 0 Å². The molecule has 0 unspecified atom stereocenters. The molecule has 100 valence electrons. The van der Waals surface area contributed by atoms with Crippen molar-refractivity contribution in [3.63, 3.8) is 0 Å². The summed E-state index contributed by atoms with van der Waals surface area (Å²) in [6.45, 7) is 2.37. The molecule has 0 amide bonds. The highest BCUT2D eigenvalue weighted by Gasteiger charge is 2.14. The second kappa shape index (κ2) is 5.09. The van der Waals surface area contributed by atoms with Gasteiger partial charge in [0.05, 0.1) is 12.1 Å². The van der Waals surface area contributed by atoms with Crippen LogP contribution in [0.5, 0.6) is 0 Å². The number of hydrogen-bond acceptors (Lipinski definition) is 2. The lowest BCUT2D eigenvalue weighted by molar-refractivity contribution is 0.0691. The lowest BCUT2D eigenvalue weighted by Crippen LogP contribution is -2.24. The van der Waals surface area contributed by atoms with Crippen LogP contribution >= 0.6 is 0 Å². The monoisotopic (exact) mass is 264 g/mol. The van der Waals surface area contributed by atoms with Crippen molar-refractivity contribution in [1.29, 1.82) is 0 Å². The fourth-order valence-corrected chi connectivity index (χ4v) is 1.87. The molecule has 0 radical (unpaired) electrons. The molecule has 6 heteroatoms. The van der Waals surface area contributed by atoms with Crippen molar-refractivity contribution in [2.75, 3.05) is 0 Å². The van der Waals surface area contributed by atoms with E-state index < -0.39 is 11.8 Å². The van der Waals surface area contributed by atoms with Gasteiger partial charge in [-0.25, -0.2) is 14.0 Å². The van der Waals surface area contributed by atoms with E-state index in [1.165, 1.54) is 27.3 Å². The molecule has 2 aromatic rings. The van der Waals surface area contributed by atoms with Gasteiger partial charge in [-0.15, -0.1) is 0 Å². The van der Waals surface area contributed by atoms with Crippen LogP contribution in [0.2, 0.25) is 0 Å². The minimum absolute atomic E-state index is 0.0127. The SMILES string of the molecule is CCn1ccn(Cc2cccc(C(=O)O)c2F)c1=O. The van der Waals surface area contributed by atoms with E-state index in [1.54, 1.807) is 12.4 Å². The first kappa shape index (κ1) is 13.1. The maximum atomic E-state index is 13.9. The van der Waals surface area contributed by atoms with Gasteiger partial charge >= 0.3 is 11.7 Å². The first-order valence-electron chi connectivity index (χ1n) is 5.80. The van der Waals surface area contributed by atoms with Crippen molar-refractivity contribution in [3.05, 3.63) is 58.0 Å². The average molecular weight is 264 g/mol. The van der Waals surface area contributed by atoms with E-state index in [-0.39, 0.29) is 23.4 Å². The molecule has 0 atom stereocenters. The number of aryl methyl sites for hydroxylation is 1. The van der Waals surface area contributed by atoms with Gasteiger partial charge < -0.3 is 5.11 Å². The summed E-state index contributed by atoms with van der Waals surface area (Å²) >= 11 is 0. The Kier molecular flexibility index (Phi) is 3.50. The molecule has 1 heterocycles. The zero-order valence-corrected chi connectivity index (χ0v) is 10.3. The fraction of sp³-hybridized carbons (Fsp3) is 0.231. The van der Waals surface area contributed by atoms with Crippen LogP contribution in [0, 0.1) is 5.82 Å². The minimum atomic E-state index is -1.32. The van der Waals surface area contributed by atoms with Crippen molar-refractivity contribution in [1.82, 2.24) is 9.13 Å². The summed E-state index contributed by atoms with van der Waals surface area (Å²) in [6.07, 6.45) is 3.17. The van der Waals surface area contributed by atoms with Crippen LogP contribution in [-0.2, 0) is 13.1 Å². The number of carbonyl (C=O) groups is 1. The molecule has 0 aliphatic heterocycles. The highest BCUT2D eigenvalue weighted by Crippen LogP contribution is 2.13. The smallest absolute Gasteiger partial charge is 0.338 e. The molecule has 0 saturated heterocycles. The number of carboxylic acids is 1. The Morgan fingerprint density at radius 2 is 2.00 bits per heavy atom. The van der Waals surface area contributed by atoms with Crippen LogP contribution in [0.1, 0.15) is 22.8 Å². The lowest BCUT2D eigenvalue weighted by atomic mass is 10.1. The van der Waals surface area contributed by atoms with Gasteiger partial charge in [-0.1, -0.05) is 12.1 Å². The van der Waals surface area contributed by atoms with Crippen molar-refractivity contribution in [3.8, 4) is 0 Å². The quantitative estimate of drug-likeness (QED) is 0.911. The highest BCUT2D eigenvalue weighted by molar-refractivity contribution is 5.88. The van der Waals surface area contributed by atoms with Crippen LogP contribution in [0.3, 0.4) is 0 Å². The third kappa shape index (κ3) is 2.42. The molecule has 1 aromatic heterocycles. The topological polar surface area (TPSA) is 64.2 Å². The zero-order valence-electron chi connectivity index (χ0n) is 10.3. The molecule has 0 bridgehead atoms. The predicted octanol–water partition coefficient (Wildman–Crippen LogP) is 1.56. The number of imidazole rings is 1. The van der Waals surface area contributed by atoms with Gasteiger partial charge in [0.15, 0.2) is 0 Å². The number of halogens is 1. The van der Waals surface area contributed by atoms with Gasteiger partial charge in [-0.3, -0.25) is 9.13 Å². The van der Waals surface area contributed by atoms with Crippen LogP contribution in [0.15, 0.2) is 35.4 Å². The van der Waals surface area contributed by atoms with Gasteiger partial charge in [0.25, 0.3) is 0 Å². The Bertz CT molecular complexity index is 673. The molecule has 0 spiro atoms. The van der Waals surface area contributed by atoms with Crippen molar-refractivity contribution in [2.45, 2.75) is 20.0 Å². The van der Waals surface area contributed by atoms with Gasteiger partial charge in [0.2, 0.25) is 0 Å². The normalized spacial score (nSPS) is 10.6. The van der Waals surface area contributed by atoms with E-state index in [0.717, 1.165) is 0 Å². The summed E-state index contributed by atoms with van der Waals surface area (Å²) in [7, 11) is 0. The number of aromatic carboxylic acids is 1. The van der Waals surface area contributed by atoms with Crippen LogP contribution < -0.4 is 5.69 Å². The Morgan fingerprint density at radius 1 is 1.32 bits per heavy atom. The van der Waals surface area contributed by atoms with E-state index in [0.29, 0.717) is 6.54 Å². The maximum Gasteiger partial charge on any atom is 0.338 e. The average Bonchev–Trinajstić information content (AvgIpc) is 2.72. The van der Waals surface area contributed by atoms with E-state index in [1.807, 2.05) is 6.92 Å². The van der Waals surface area contributed by atoms with Gasteiger partial charge in [0.1, 0.15) is 5.82 Å². The number of nitrogens with zero attached hydrogens (tertiary/aromatic N) is 2. The molecular formula is C13H13FN2O3. The Morgan fingerprint density at radius 3 is 2.58 bits per heavy atom. The van der Waals surface area contributed by atoms with Gasteiger partial charge in [0, 0.05) is 24.5 Å². The molecule has 5 nitrogen and oxygen atoms in total. The first-order valence-corrected chi connectivity index (χ1v) is 5.80. The Hall–Kier alpha value is -2.37. The third-order valence-corrected chi connectivity index (χ3v) is 2.91. The highest BCUT2D eigenvalue weighted by atomic mass is 19.1. The molecule has 0 fully saturated rings. The van der Waals surface area contributed by atoms with Crippen LogP contribution in [0.25, 0.3) is 0 Å². The molecular weight excluding hydrogens is 251 g/mol. The summed E-state index contributed by atoms with van der Waals surface area (Å²) in [5.41, 5.74) is -0.459. The molecule has 2 rings (SSSR count). The standard InChI is InChI=1S/C13H13FN2O3/c1-2-15-6-7-16(13(15)19)8-9-4-3-5-10(11(9)14)12(17)18/h3-7H,2,8H2,1H3,(H,17,18). The maximum absolute atomic E-state index is 13.9. The van der Waals surface area contributed by atoms with Crippen molar-refractivity contribution < 1.29 is 14.3 Å². The summed E-state index contributed by atoms with van der Waals surface area (Å²) in [5, 5.41) is 8.84. The number of aromatic nitrogens is 2. The second-order valence-corrected chi connectivity index (χ2v) is 4.08. The number of benzene rings is 1. The fourth-order valence-electron chi connectivity index (χ4n) is 1.87. The van der Waals surface area contributed by atoms with Gasteiger partial charge in [-0.05, 0) is 13.0 Å². The lowest BCUT2D eigenvalue weighted by Gasteiger charge is -2.06. The summed E-state index contributed by atoms with van der Waals surface area (Å²) < 4.78 is 16.8. The molecule has 1 aromatic carbocycles. The molecule has 19 heavy (non-hydrogen) atoms. The largest absolute Gasteiger partial charge is 0.478 e. The predicted molar refractivity (Wildman–Crippen MR) is 66.8 cm³/mol. The first-order chi connectivity index (χ1) is 9.04. The number of rotatable bonds is 4. The summed E-state index contributed by atoms with van der Waals surface area (Å²) in [4.78, 5) is 22.7. The second-order valence-electron chi connectivity index (χ2n) is 4.08. The Balaban J connectivity index is 2.38. The molecule has 0 aliphatic rings. The van der Waals surface area contributed by atoms with Crippen molar-refractivity contribution >= 4 is 5.97 Å². The van der Waals surface area contributed by atoms with Crippen molar-refractivity contribution in [2.24, 2.45) is 0 Å². The summed E-state index contributed by atoms with van der Waals surface area (Å²) in [6, 6.07) is 4.13. The third-order valence-electron chi connectivity index (χ3n) is 2.91. The molecule has 0 saturated carbocycles. The van der Waals surface area contributed by atoms with Crippen LogP contribution in [-0.4, -0.2) is 20.2 Å². The number of carboxylic acid groups (broad SMARTS) is 1. The molecule has 1 N–H and O–H groups in total. The van der Waals surface area contributed by atoms with E-state index >= 15 is 0 Å². The Labute approximate surface area is 108 Å². The van der Waals surface area contributed by atoms with E-state index in [9.17, 15) is 14.0 Å². The minimum Gasteiger partial charge on any atom is -0.478 e. The number of hydrogen-bond donors (Lipinski definition) is 1. The van der Waals surface area contributed by atoms with E-state index in [4.69, 9.17) is 5.11 Å². The van der Waals surface area contributed by atoms with E-state index in [2.05, 4.69) is 0 Å². The zero-order chi connectivity index (χ0) is 14.0. The summed E-state index contributed by atoms with van der Waals surface area (Å²) in [5.74, 6) is -2.12.